The summed E-state index contributed by atoms with van der Waals surface area (Å²) in [6.45, 7) is 0.992. The number of rotatable bonds is 4. The van der Waals surface area contributed by atoms with Gasteiger partial charge in [0.25, 0.3) is 5.91 Å². The van der Waals surface area contributed by atoms with Gasteiger partial charge in [-0.15, -0.1) is 0 Å². The fourth-order valence-electron chi connectivity index (χ4n) is 2.21. The number of primary amides is 1. The van der Waals surface area contributed by atoms with Gasteiger partial charge in [0.05, 0.1) is 6.54 Å². The molecule has 110 valence electrons. The molecular formula is C15H14F2N2O2. The van der Waals surface area contributed by atoms with Gasteiger partial charge < -0.3 is 10.3 Å². The molecular weight excluding hydrogens is 278 g/mol. The van der Waals surface area contributed by atoms with Crippen molar-refractivity contribution in [2.24, 2.45) is 5.73 Å². The van der Waals surface area contributed by atoms with Crippen LogP contribution in [0.25, 0.3) is 11.1 Å². The normalized spacial score (nSPS) is 10.6. The molecule has 0 aliphatic carbocycles. The summed E-state index contributed by atoms with van der Waals surface area (Å²) in [5.74, 6) is -1.32. The summed E-state index contributed by atoms with van der Waals surface area (Å²) in [7, 11) is 0. The van der Waals surface area contributed by atoms with Crippen LogP contribution in [0.15, 0.2) is 35.3 Å². The smallest absolute Gasteiger partial charge is 0.254 e. The Hall–Kier alpha value is -2.50. The first-order chi connectivity index (χ1) is 9.95. The molecule has 0 saturated carbocycles. The van der Waals surface area contributed by atoms with Crippen molar-refractivity contribution >= 4 is 5.91 Å². The molecule has 0 saturated heterocycles. The average Bonchev–Trinajstić information content (AvgIpc) is 2.44. The van der Waals surface area contributed by atoms with E-state index in [0.717, 1.165) is 0 Å². The van der Waals surface area contributed by atoms with Gasteiger partial charge in [0.2, 0.25) is 5.43 Å². The molecule has 1 amide bonds. The van der Waals surface area contributed by atoms with Crippen LogP contribution in [0, 0.1) is 12.7 Å². The summed E-state index contributed by atoms with van der Waals surface area (Å²) < 4.78 is 27.1. The number of nitrogens with two attached hydrogens (primary N) is 1. The fourth-order valence-corrected chi connectivity index (χ4v) is 2.21. The largest absolute Gasteiger partial charge is 0.365 e. The van der Waals surface area contributed by atoms with Gasteiger partial charge in [0, 0.05) is 17.5 Å². The number of alkyl halides is 1. The van der Waals surface area contributed by atoms with Crippen molar-refractivity contribution in [1.82, 2.24) is 4.57 Å². The maximum atomic E-state index is 13.0. The van der Waals surface area contributed by atoms with Gasteiger partial charge in [0.1, 0.15) is 18.1 Å². The maximum Gasteiger partial charge on any atom is 0.254 e. The Morgan fingerprint density at radius 3 is 2.43 bits per heavy atom. The van der Waals surface area contributed by atoms with Crippen molar-refractivity contribution in [3.05, 3.63) is 57.8 Å². The molecule has 0 spiro atoms. The summed E-state index contributed by atoms with van der Waals surface area (Å²) in [6, 6.07) is 5.29. The maximum absolute atomic E-state index is 13.0. The molecule has 0 unspecified atom stereocenters. The van der Waals surface area contributed by atoms with Gasteiger partial charge >= 0.3 is 0 Å². The second-order valence-electron chi connectivity index (χ2n) is 4.59. The van der Waals surface area contributed by atoms with E-state index in [9.17, 15) is 18.4 Å². The van der Waals surface area contributed by atoms with E-state index >= 15 is 0 Å². The summed E-state index contributed by atoms with van der Waals surface area (Å²) >= 11 is 0. The van der Waals surface area contributed by atoms with Gasteiger partial charge in [-0.2, -0.15) is 0 Å². The van der Waals surface area contributed by atoms with E-state index in [1.54, 1.807) is 6.92 Å². The number of carbonyl (C=O) groups is 1. The Morgan fingerprint density at radius 1 is 1.29 bits per heavy atom. The number of nitrogens with zero attached hydrogens (tertiary/aromatic N) is 1. The average molecular weight is 292 g/mol. The molecule has 1 heterocycles. The standard InChI is InChI=1S/C15H14F2N2O2/c1-9-13(10-2-4-11(17)5-3-10)14(20)12(15(18)21)8-19(9)7-6-16/h2-5,8H,6-7H2,1H3,(H2,18,21). The molecule has 0 atom stereocenters. The molecule has 1 aromatic carbocycles. The number of hydrogen-bond acceptors (Lipinski definition) is 2. The Bertz CT molecular complexity index is 737. The predicted molar refractivity (Wildman–Crippen MR) is 75.3 cm³/mol. The number of benzene rings is 1. The highest BCUT2D eigenvalue weighted by atomic mass is 19.1. The van der Waals surface area contributed by atoms with Crippen LogP contribution in [0.2, 0.25) is 0 Å². The van der Waals surface area contributed by atoms with Crippen molar-refractivity contribution in [1.29, 1.82) is 0 Å². The molecule has 0 radical (unpaired) electrons. The first-order valence-electron chi connectivity index (χ1n) is 6.31. The van der Waals surface area contributed by atoms with Crippen molar-refractivity contribution in [3.63, 3.8) is 0 Å². The molecule has 0 bridgehead atoms. The predicted octanol–water partition coefficient (Wildman–Crippen LogP) is 2.03. The summed E-state index contributed by atoms with van der Waals surface area (Å²) in [6.07, 6.45) is 1.26. The van der Waals surface area contributed by atoms with Gasteiger partial charge in [0.15, 0.2) is 0 Å². The third-order valence-corrected chi connectivity index (χ3v) is 3.27. The molecule has 6 heteroatoms. The van der Waals surface area contributed by atoms with Crippen LogP contribution < -0.4 is 11.2 Å². The third kappa shape index (κ3) is 2.84. The van der Waals surface area contributed by atoms with Crippen LogP contribution in [0.1, 0.15) is 16.1 Å². The number of hydrogen-bond donors (Lipinski definition) is 1. The van der Waals surface area contributed by atoms with Gasteiger partial charge in [-0.25, -0.2) is 8.78 Å². The lowest BCUT2D eigenvalue weighted by atomic mass is 10.0. The second-order valence-corrected chi connectivity index (χ2v) is 4.59. The Labute approximate surface area is 119 Å². The Kier molecular flexibility index (Phi) is 4.16. The van der Waals surface area contributed by atoms with Crippen molar-refractivity contribution in [2.45, 2.75) is 13.5 Å². The molecule has 0 aliphatic heterocycles. The number of aromatic nitrogens is 1. The molecule has 4 nitrogen and oxygen atoms in total. The minimum Gasteiger partial charge on any atom is -0.365 e. The highest BCUT2D eigenvalue weighted by Crippen LogP contribution is 2.21. The van der Waals surface area contributed by atoms with Crippen LogP contribution in [-0.2, 0) is 6.54 Å². The quantitative estimate of drug-likeness (QED) is 0.937. The zero-order chi connectivity index (χ0) is 15.6. The first-order valence-corrected chi connectivity index (χ1v) is 6.31. The molecule has 21 heavy (non-hydrogen) atoms. The van der Waals surface area contributed by atoms with E-state index in [1.165, 1.54) is 35.0 Å². The van der Waals surface area contributed by atoms with Crippen LogP contribution in [0.5, 0.6) is 0 Å². The Morgan fingerprint density at radius 2 is 1.90 bits per heavy atom. The molecule has 2 rings (SSSR count). The summed E-state index contributed by atoms with van der Waals surface area (Å²) in [4.78, 5) is 23.8. The van der Waals surface area contributed by atoms with Crippen LogP contribution in [0.3, 0.4) is 0 Å². The molecule has 0 fully saturated rings. The lowest BCUT2D eigenvalue weighted by Gasteiger charge is -2.15. The van der Waals surface area contributed by atoms with Crippen molar-refractivity contribution in [2.75, 3.05) is 6.67 Å². The zero-order valence-electron chi connectivity index (χ0n) is 11.4. The zero-order valence-corrected chi connectivity index (χ0v) is 11.4. The number of pyridine rings is 1. The van der Waals surface area contributed by atoms with E-state index in [0.29, 0.717) is 11.3 Å². The monoisotopic (exact) mass is 292 g/mol. The van der Waals surface area contributed by atoms with E-state index in [4.69, 9.17) is 5.73 Å². The number of halogens is 2. The molecule has 2 N–H and O–H groups in total. The van der Waals surface area contributed by atoms with Crippen LogP contribution in [-0.4, -0.2) is 17.1 Å². The van der Waals surface area contributed by atoms with Gasteiger partial charge in [-0.3, -0.25) is 9.59 Å². The topological polar surface area (TPSA) is 65.1 Å². The highest BCUT2D eigenvalue weighted by molar-refractivity contribution is 5.93. The van der Waals surface area contributed by atoms with E-state index < -0.39 is 23.8 Å². The van der Waals surface area contributed by atoms with E-state index in [2.05, 4.69) is 0 Å². The second kappa shape index (κ2) is 5.87. The van der Waals surface area contributed by atoms with Crippen LogP contribution >= 0.6 is 0 Å². The highest BCUT2D eigenvalue weighted by Gasteiger charge is 2.17. The van der Waals surface area contributed by atoms with Crippen molar-refractivity contribution in [3.8, 4) is 11.1 Å². The lowest BCUT2D eigenvalue weighted by Crippen LogP contribution is -2.26. The molecule has 0 aliphatic rings. The van der Waals surface area contributed by atoms with Gasteiger partial charge in [-0.1, -0.05) is 12.1 Å². The van der Waals surface area contributed by atoms with E-state index in [1.807, 2.05) is 0 Å². The van der Waals surface area contributed by atoms with E-state index in [-0.39, 0.29) is 17.7 Å². The van der Waals surface area contributed by atoms with Crippen molar-refractivity contribution < 1.29 is 13.6 Å². The first kappa shape index (κ1) is 14.9. The lowest BCUT2D eigenvalue weighted by molar-refractivity contribution is 0.0998. The minimum absolute atomic E-state index is 0.000583. The summed E-state index contributed by atoms with van der Waals surface area (Å²) in [5.41, 5.74) is 5.61. The molecule has 2 aromatic rings. The SMILES string of the molecule is Cc1c(-c2ccc(F)cc2)c(=O)c(C(N)=O)cn1CCF. The summed E-state index contributed by atoms with van der Waals surface area (Å²) in [5, 5.41) is 0. The van der Waals surface area contributed by atoms with Gasteiger partial charge in [-0.05, 0) is 24.6 Å². The third-order valence-electron chi connectivity index (χ3n) is 3.27. The number of amides is 1. The number of carbonyl (C=O) groups excluding carboxylic acids is 1. The van der Waals surface area contributed by atoms with Crippen LogP contribution in [0.4, 0.5) is 8.78 Å². The Balaban J connectivity index is 2.76. The fraction of sp³-hybridized carbons (Fsp3) is 0.200. The minimum atomic E-state index is -0.879. The number of aryl methyl sites for hydroxylation is 1. The molecule has 1 aromatic heterocycles.